The van der Waals surface area contributed by atoms with Crippen LogP contribution in [0.4, 0.5) is 0 Å². The summed E-state index contributed by atoms with van der Waals surface area (Å²) < 4.78 is 9.54. The minimum atomic E-state index is -0.614. The number of amides is 1. The van der Waals surface area contributed by atoms with E-state index in [-0.39, 0.29) is 29.0 Å². The molecule has 0 fully saturated rings. The van der Waals surface area contributed by atoms with Gasteiger partial charge in [0.2, 0.25) is 5.91 Å². The van der Waals surface area contributed by atoms with Gasteiger partial charge in [0.25, 0.3) is 0 Å². The highest BCUT2D eigenvalue weighted by molar-refractivity contribution is 6.00. The van der Waals surface area contributed by atoms with Gasteiger partial charge in [-0.1, -0.05) is 24.3 Å². The summed E-state index contributed by atoms with van der Waals surface area (Å²) in [6.45, 7) is 0.425. The van der Waals surface area contributed by atoms with Gasteiger partial charge >= 0.3 is 11.9 Å². The zero-order chi connectivity index (χ0) is 20.8. The molecule has 0 bridgehead atoms. The highest BCUT2D eigenvalue weighted by Gasteiger charge is 2.22. The number of methoxy groups -OCH3 is 2. The van der Waals surface area contributed by atoms with Gasteiger partial charge in [-0.2, -0.15) is 0 Å². The fraction of sp³-hybridized carbons (Fsp3) is 0.227. The normalized spacial score (nSPS) is 10.6. The van der Waals surface area contributed by atoms with Crippen LogP contribution in [-0.2, 0) is 27.1 Å². The Hall–Kier alpha value is -3.61. The number of H-pyrrole nitrogens is 1. The molecule has 29 heavy (non-hydrogen) atoms. The first kappa shape index (κ1) is 20.1. The lowest BCUT2D eigenvalue weighted by atomic mass is 9.97. The van der Waals surface area contributed by atoms with Gasteiger partial charge in [-0.3, -0.25) is 4.79 Å². The number of ether oxygens (including phenoxy) is 2. The number of hydrogen-bond donors (Lipinski definition) is 2. The molecular formula is C22H22N2O5. The highest BCUT2D eigenvalue weighted by atomic mass is 16.5. The van der Waals surface area contributed by atoms with Gasteiger partial charge < -0.3 is 19.8 Å². The summed E-state index contributed by atoms with van der Waals surface area (Å²) in [5, 5.41) is 3.96. The number of fused-ring (bicyclic) bond motifs is 1. The molecule has 1 aromatic heterocycles. The van der Waals surface area contributed by atoms with E-state index >= 15 is 0 Å². The molecule has 0 spiro atoms. The molecule has 7 heteroatoms. The van der Waals surface area contributed by atoms with Crippen molar-refractivity contribution >= 4 is 28.7 Å². The van der Waals surface area contributed by atoms with Crippen LogP contribution in [0.25, 0.3) is 10.9 Å². The van der Waals surface area contributed by atoms with Crippen molar-refractivity contribution in [2.75, 3.05) is 20.8 Å². The van der Waals surface area contributed by atoms with E-state index in [0.717, 1.165) is 16.5 Å². The smallest absolute Gasteiger partial charge is 0.338 e. The molecular weight excluding hydrogens is 372 g/mol. The van der Waals surface area contributed by atoms with Gasteiger partial charge in [0.05, 0.1) is 31.8 Å². The molecule has 0 saturated heterocycles. The second-order valence-electron chi connectivity index (χ2n) is 6.45. The quantitative estimate of drug-likeness (QED) is 0.601. The van der Waals surface area contributed by atoms with E-state index in [1.165, 1.54) is 26.4 Å². The Bertz CT molecular complexity index is 1020. The van der Waals surface area contributed by atoms with Crippen molar-refractivity contribution in [1.82, 2.24) is 10.3 Å². The molecule has 0 aliphatic heterocycles. The highest BCUT2D eigenvalue weighted by Crippen LogP contribution is 2.19. The molecule has 150 valence electrons. The number of aromatic amines is 1. The van der Waals surface area contributed by atoms with Gasteiger partial charge in [-0.25, -0.2) is 9.59 Å². The summed E-state index contributed by atoms with van der Waals surface area (Å²) in [5.74, 6) is -1.53. The molecule has 0 radical (unpaired) electrons. The van der Waals surface area contributed by atoms with E-state index in [9.17, 15) is 14.4 Å². The molecule has 0 saturated carbocycles. The van der Waals surface area contributed by atoms with Crippen molar-refractivity contribution in [1.29, 1.82) is 0 Å². The van der Waals surface area contributed by atoms with Gasteiger partial charge in [-0.05, 0) is 35.7 Å². The fourth-order valence-corrected chi connectivity index (χ4v) is 3.28. The van der Waals surface area contributed by atoms with Crippen LogP contribution in [0.5, 0.6) is 0 Å². The maximum absolute atomic E-state index is 12.5. The number of rotatable bonds is 7. The van der Waals surface area contributed by atoms with Gasteiger partial charge in [0.1, 0.15) is 0 Å². The average Bonchev–Trinajstić information content (AvgIpc) is 3.16. The number of para-hydroxylation sites is 1. The van der Waals surface area contributed by atoms with E-state index in [0.29, 0.717) is 13.0 Å². The number of esters is 2. The Morgan fingerprint density at radius 3 is 2.24 bits per heavy atom. The van der Waals surface area contributed by atoms with Crippen LogP contribution in [0.2, 0.25) is 0 Å². The summed E-state index contributed by atoms with van der Waals surface area (Å²) in [5.41, 5.74) is 2.77. The third-order valence-corrected chi connectivity index (χ3v) is 4.72. The summed E-state index contributed by atoms with van der Waals surface area (Å²) in [6, 6.07) is 12.5. The fourth-order valence-electron chi connectivity index (χ4n) is 3.28. The third kappa shape index (κ3) is 4.45. The zero-order valence-electron chi connectivity index (χ0n) is 16.3. The molecule has 2 aromatic carbocycles. The number of hydrogen-bond acceptors (Lipinski definition) is 5. The lowest BCUT2D eigenvalue weighted by molar-refractivity contribution is -0.120. The first-order valence-corrected chi connectivity index (χ1v) is 9.15. The topological polar surface area (TPSA) is 97.5 Å². The van der Waals surface area contributed by atoms with Crippen LogP contribution in [0.3, 0.4) is 0 Å². The summed E-state index contributed by atoms with van der Waals surface area (Å²) in [7, 11) is 2.50. The van der Waals surface area contributed by atoms with Gasteiger partial charge in [-0.15, -0.1) is 0 Å². The molecule has 3 aromatic rings. The molecule has 3 rings (SSSR count). The lowest BCUT2D eigenvalue weighted by Crippen LogP contribution is -2.29. The maximum atomic E-state index is 12.5. The predicted octanol–water partition coefficient (Wildman–Crippen LogP) is 2.64. The van der Waals surface area contributed by atoms with E-state index < -0.39 is 11.9 Å². The largest absolute Gasteiger partial charge is 0.465 e. The number of nitrogens with one attached hydrogen (secondary N) is 2. The Balaban J connectivity index is 1.71. The number of carbonyl (C=O) groups is 3. The van der Waals surface area contributed by atoms with Crippen LogP contribution in [0.1, 0.15) is 31.8 Å². The summed E-state index contributed by atoms with van der Waals surface area (Å²) >= 11 is 0. The van der Waals surface area contributed by atoms with Gasteiger partial charge in [0.15, 0.2) is 0 Å². The van der Waals surface area contributed by atoms with Crippen molar-refractivity contribution in [3.05, 3.63) is 70.9 Å². The third-order valence-electron chi connectivity index (χ3n) is 4.72. The Labute approximate surface area is 168 Å². The summed E-state index contributed by atoms with van der Waals surface area (Å²) in [6.07, 6.45) is 2.45. The first-order chi connectivity index (χ1) is 14.0. The van der Waals surface area contributed by atoms with Crippen molar-refractivity contribution in [2.45, 2.75) is 12.8 Å². The van der Waals surface area contributed by atoms with E-state index in [1.807, 2.05) is 30.5 Å². The second kappa shape index (κ2) is 9.05. The van der Waals surface area contributed by atoms with Crippen molar-refractivity contribution in [2.24, 2.45) is 0 Å². The van der Waals surface area contributed by atoms with Crippen LogP contribution in [-0.4, -0.2) is 43.6 Å². The van der Waals surface area contributed by atoms with E-state index in [4.69, 9.17) is 9.47 Å². The number of benzene rings is 2. The molecule has 2 N–H and O–H groups in total. The van der Waals surface area contributed by atoms with E-state index in [1.54, 1.807) is 6.07 Å². The Morgan fingerprint density at radius 2 is 1.59 bits per heavy atom. The molecule has 1 amide bonds. The summed E-state index contributed by atoms with van der Waals surface area (Å²) in [4.78, 5) is 39.8. The molecule has 1 heterocycles. The average molecular weight is 394 g/mol. The number of carbonyl (C=O) groups excluding carboxylic acids is 3. The molecule has 0 aliphatic rings. The Kier molecular flexibility index (Phi) is 6.29. The van der Waals surface area contributed by atoms with Crippen molar-refractivity contribution in [3.63, 3.8) is 0 Å². The van der Waals surface area contributed by atoms with Crippen LogP contribution >= 0.6 is 0 Å². The molecule has 0 atom stereocenters. The first-order valence-electron chi connectivity index (χ1n) is 9.15. The molecule has 0 aliphatic carbocycles. The van der Waals surface area contributed by atoms with Crippen LogP contribution < -0.4 is 5.32 Å². The van der Waals surface area contributed by atoms with E-state index in [2.05, 4.69) is 10.3 Å². The maximum Gasteiger partial charge on any atom is 0.338 e. The van der Waals surface area contributed by atoms with Gasteiger partial charge in [0, 0.05) is 23.6 Å². The van der Waals surface area contributed by atoms with Crippen LogP contribution in [0.15, 0.2) is 48.7 Å². The van der Waals surface area contributed by atoms with Crippen molar-refractivity contribution < 1.29 is 23.9 Å². The minimum absolute atomic E-state index is 0.135. The lowest BCUT2D eigenvalue weighted by Gasteiger charge is -2.12. The SMILES string of the molecule is COC(=O)c1cccc(C(=O)OC)c1CC(=O)NCCc1c[nH]c2ccccc12. The predicted molar refractivity (Wildman–Crippen MR) is 108 cm³/mol. The number of aromatic nitrogens is 1. The minimum Gasteiger partial charge on any atom is -0.465 e. The molecule has 0 unspecified atom stereocenters. The Morgan fingerprint density at radius 1 is 0.931 bits per heavy atom. The standard InChI is InChI=1S/C22H22N2O5/c1-28-21(26)16-7-5-8-17(22(27)29-2)18(16)12-20(25)23-11-10-14-13-24-19-9-4-3-6-15(14)19/h3-9,13,24H,10-12H2,1-2H3,(H,23,25). The molecule has 7 nitrogen and oxygen atoms in total. The monoisotopic (exact) mass is 394 g/mol. The van der Waals surface area contributed by atoms with Crippen LogP contribution in [0, 0.1) is 0 Å². The second-order valence-corrected chi connectivity index (χ2v) is 6.45. The van der Waals surface area contributed by atoms with Crippen molar-refractivity contribution in [3.8, 4) is 0 Å². The zero-order valence-corrected chi connectivity index (χ0v) is 16.3.